The highest BCUT2D eigenvalue weighted by Gasteiger charge is 2.50. The van der Waals surface area contributed by atoms with Crippen LogP contribution in [0.15, 0.2) is 78.9 Å². The first-order chi connectivity index (χ1) is 19.0. The zero-order valence-electron chi connectivity index (χ0n) is 22.3. The highest BCUT2D eigenvalue weighted by atomic mass is 31.1. The van der Waals surface area contributed by atoms with Gasteiger partial charge in [0.05, 0.1) is 0 Å². The van der Waals surface area contributed by atoms with Gasteiger partial charge in [-0.25, -0.2) is 0 Å². The molecule has 8 heteroatoms. The van der Waals surface area contributed by atoms with Crippen LogP contribution in [0.25, 0.3) is 0 Å². The van der Waals surface area contributed by atoms with Crippen molar-refractivity contribution in [1.29, 1.82) is 0 Å². The van der Waals surface area contributed by atoms with Crippen LogP contribution < -0.4 is 19.5 Å². The molecule has 7 nitrogen and oxygen atoms in total. The third-order valence-corrected chi connectivity index (χ3v) is 8.48. The molecule has 3 N–H and O–H groups in total. The van der Waals surface area contributed by atoms with Crippen LogP contribution in [-0.4, -0.2) is 47.6 Å². The Morgan fingerprint density at radius 2 is 1.54 bits per heavy atom. The van der Waals surface area contributed by atoms with E-state index in [0.29, 0.717) is 25.4 Å². The Balaban J connectivity index is 1.11. The number of aliphatic hydroxyl groups is 1. The van der Waals surface area contributed by atoms with E-state index in [1.165, 1.54) is 0 Å². The summed E-state index contributed by atoms with van der Waals surface area (Å²) in [5.41, 5.74) is 2.24. The fourth-order valence-corrected chi connectivity index (χ4v) is 5.59. The van der Waals surface area contributed by atoms with Crippen molar-refractivity contribution in [3.8, 4) is 17.2 Å². The highest BCUT2D eigenvalue weighted by molar-refractivity contribution is 7.40. The Bertz CT molecular complexity index is 1150. The molecule has 0 heterocycles. The second-order valence-corrected chi connectivity index (χ2v) is 11.7. The molecule has 0 amide bonds. The maximum atomic E-state index is 12.0. The molecule has 3 aromatic carbocycles. The van der Waals surface area contributed by atoms with Gasteiger partial charge in [-0.05, 0) is 65.8 Å². The summed E-state index contributed by atoms with van der Waals surface area (Å²) in [5.74, 6) is 2.09. The zero-order chi connectivity index (χ0) is 27.3. The summed E-state index contributed by atoms with van der Waals surface area (Å²) in [7, 11) is -2.27. The van der Waals surface area contributed by atoms with Crippen molar-refractivity contribution >= 4 is 8.03 Å². The van der Waals surface area contributed by atoms with E-state index in [4.69, 9.17) is 14.2 Å². The number of hydrogen-bond acceptors (Lipinski definition) is 6. The summed E-state index contributed by atoms with van der Waals surface area (Å²) in [5, 5.41) is 13.0. The average Bonchev–Trinajstić information content (AvgIpc) is 2.98. The van der Waals surface area contributed by atoms with Gasteiger partial charge in [-0.3, -0.25) is 0 Å². The van der Waals surface area contributed by atoms with Crippen LogP contribution in [0.3, 0.4) is 0 Å². The van der Waals surface area contributed by atoms with Crippen LogP contribution in [0, 0.1) is 0 Å². The van der Waals surface area contributed by atoms with Crippen LogP contribution in [0.5, 0.6) is 17.2 Å². The van der Waals surface area contributed by atoms with Gasteiger partial charge in [0.1, 0.15) is 43.2 Å². The summed E-state index contributed by atoms with van der Waals surface area (Å²) in [4.78, 5) is 9.86. The van der Waals surface area contributed by atoms with Crippen molar-refractivity contribution < 1.29 is 28.8 Å². The van der Waals surface area contributed by atoms with Crippen molar-refractivity contribution in [2.24, 2.45) is 0 Å². The van der Waals surface area contributed by atoms with E-state index in [-0.39, 0.29) is 13.2 Å². The van der Waals surface area contributed by atoms with Gasteiger partial charge >= 0.3 is 8.03 Å². The minimum absolute atomic E-state index is 0.183. The van der Waals surface area contributed by atoms with Crippen LogP contribution in [0.4, 0.5) is 0 Å². The van der Waals surface area contributed by atoms with Crippen molar-refractivity contribution in [2.45, 2.75) is 56.4 Å². The maximum absolute atomic E-state index is 12.0. The van der Waals surface area contributed by atoms with Crippen LogP contribution in [0.1, 0.15) is 43.2 Å². The lowest BCUT2D eigenvalue weighted by Gasteiger charge is -2.25. The van der Waals surface area contributed by atoms with Crippen molar-refractivity contribution in [2.75, 3.05) is 26.3 Å². The lowest BCUT2D eigenvalue weighted by atomic mass is 9.89. The average molecular weight is 553 g/mol. The first-order valence-electron chi connectivity index (χ1n) is 13.7. The standard InChI is InChI=1S/C31H38NO6P/c33-27(23-37-30-11-7-10-29(20-30)36-22-26-8-3-1-4-9-26)21-32-19-16-25-12-14-28(15-13-25)38-24-31(39(34)35)17-5-2-6-18-31/h1,3-4,7-15,20,27,32-33H,2,5-6,16-19,21-24H2/p+1. The molecule has 4 rings (SSSR count). The molecular weight excluding hydrogens is 513 g/mol. The molecule has 1 saturated carbocycles. The Morgan fingerprint density at radius 3 is 2.26 bits per heavy atom. The Morgan fingerprint density at radius 1 is 0.821 bits per heavy atom. The van der Waals surface area contributed by atoms with E-state index >= 15 is 0 Å². The van der Waals surface area contributed by atoms with Crippen LogP contribution in [-0.2, 0) is 17.6 Å². The number of hydrogen-bond donors (Lipinski definition) is 3. The lowest BCUT2D eigenvalue weighted by molar-refractivity contribution is 0.106. The zero-order valence-corrected chi connectivity index (χ0v) is 23.2. The third kappa shape index (κ3) is 9.33. The molecule has 0 aromatic heterocycles. The van der Waals surface area contributed by atoms with Crippen LogP contribution in [0.2, 0.25) is 0 Å². The Hall–Kier alpha value is -2.96. The molecule has 39 heavy (non-hydrogen) atoms. The fraction of sp³-hybridized carbons (Fsp3) is 0.419. The molecule has 2 atom stereocenters. The largest absolute Gasteiger partial charge is 0.515 e. The van der Waals surface area contributed by atoms with Gasteiger partial charge in [0.25, 0.3) is 0 Å². The van der Waals surface area contributed by atoms with E-state index in [1.807, 2.05) is 78.9 Å². The first kappa shape index (κ1) is 29.0. The third-order valence-electron chi connectivity index (χ3n) is 7.09. The van der Waals surface area contributed by atoms with E-state index in [1.54, 1.807) is 0 Å². The Labute approximate surface area is 232 Å². The molecule has 3 aromatic rings. The van der Waals surface area contributed by atoms with Crippen molar-refractivity contribution in [3.63, 3.8) is 0 Å². The van der Waals surface area contributed by atoms with Gasteiger partial charge in [0.2, 0.25) is 5.16 Å². The van der Waals surface area contributed by atoms with Gasteiger partial charge in [0.15, 0.2) is 0 Å². The summed E-state index contributed by atoms with van der Waals surface area (Å²) in [6.07, 6.45) is 4.74. The number of rotatable bonds is 15. The van der Waals surface area contributed by atoms with E-state index in [9.17, 15) is 14.6 Å². The van der Waals surface area contributed by atoms with Gasteiger partial charge in [-0.1, -0.05) is 55.0 Å². The van der Waals surface area contributed by atoms with Gasteiger partial charge < -0.3 is 24.6 Å². The van der Waals surface area contributed by atoms with E-state index < -0.39 is 19.3 Å². The second kappa shape index (κ2) is 15.0. The molecular formula is C31H39NO6P+. The molecule has 1 aliphatic rings. The molecule has 0 aliphatic heterocycles. The quantitative estimate of drug-likeness (QED) is 0.166. The maximum Gasteiger partial charge on any atom is 0.515 e. The molecule has 0 radical (unpaired) electrons. The fourth-order valence-electron chi connectivity index (χ4n) is 4.72. The van der Waals surface area contributed by atoms with Gasteiger partial charge in [-0.2, -0.15) is 4.89 Å². The topological polar surface area (TPSA) is 97.3 Å². The first-order valence-corrected chi connectivity index (χ1v) is 14.9. The smallest absolute Gasteiger partial charge is 0.491 e. The minimum atomic E-state index is -2.27. The molecule has 0 bridgehead atoms. The minimum Gasteiger partial charge on any atom is -0.491 e. The number of nitrogens with one attached hydrogen (secondary N) is 1. The van der Waals surface area contributed by atoms with Crippen LogP contribution >= 0.6 is 8.03 Å². The SMILES string of the molecule is O=[P+](O)C1(COc2ccc(CCNCC(O)COc3cccc(OCc4ccccc4)c3)cc2)CCCCC1. The highest BCUT2D eigenvalue weighted by Crippen LogP contribution is 2.46. The lowest BCUT2D eigenvalue weighted by Crippen LogP contribution is -2.34. The summed E-state index contributed by atoms with van der Waals surface area (Å²) >= 11 is 0. The van der Waals surface area contributed by atoms with E-state index in [0.717, 1.165) is 61.2 Å². The predicted molar refractivity (Wildman–Crippen MR) is 153 cm³/mol. The normalized spacial score (nSPS) is 15.8. The number of benzene rings is 3. The summed E-state index contributed by atoms with van der Waals surface area (Å²) in [6.45, 7) is 2.09. The monoisotopic (exact) mass is 552 g/mol. The predicted octanol–water partition coefficient (Wildman–Crippen LogP) is 5.65. The number of ether oxygens (including phenoxy) is 3. The van der Waals surface area contributed by atoms with Gasteiger partial charge in [-0.15, -0.1) is 0 Å². The molecule has 0 saturated heterocycles. The Kier molecular flexibility index (Phi) is 11.2. The van der Waals surface area contributed by atoms with E-state index in [2.05, 4.69) is 5.32 Å². The molecule has 1 aliphatic carbocycles. The van der Waals surface area contributed by atoms with Crippen molar-refractivity contribution in [3.05, 3.63) is 90.0 Å². The van der Waals surface area contributed by atoms with Crippen molar-refractivity contribution in [1.82, 2.24) is 5.32 Å². The summed E-state index contributed by atoms with van der Waals surface area (Å²) in [6, 6.07) is 25.3. The second-order valence-electron chi connectivity index (χ2n) is 10.2. The number of aliphatic hydroxyl groups excluding tert-OH is 1. The molecule has 1 fully saturated rings. The molecule has 2 unspecified atom stereocenters. The van der Waals surface area contributed by atoms with Gasteiger partial charge in [0, 0.05) is 25.5 Å². The molecule has 0 spiro atoms. The summed E-state index contributed by atoms with van der Waals surface area (Å²) < 4.78 is 29.5. The molecule has 208 valence electrons.